The number of benzene rings is 2. The van der Waals surface area contributed by atoms with Gasteiger partial charge in [0.2, 0.25) is 0 Å². The van der Waals surface area contributed by atoms with Gasteiger partial charge in [0, 0.05) is 24.6 Å². The number of quaternary nitrogens is 1. The molecule has 1 saturated carbocycles. The second kappa shape index (κ2) is 8.15. The fourth-order valence-corrected chi connectivity index (χ4v) is 4.28. The van der Waals surface area contributed by atoms with E-state index in [-0.39, 0.29) is 5.91 Å². The Morgan fingerprint density at radius 2 is 1.93 bits per heavy atom. The summed E-state index contributed by atoms with van der Waals surface area (Å²) in [6.07, 6.45) is 6.37. The maximum atomic E-state index is 12.7. The predicted molar refractivity (Wildman–Crippen MR) is 113 cm³/mol. The minimum absolute atomic E-state index is 0.0888. The van der Waals surface area contributed by atoms with Crippen molar-refractivity contribution in [3.63, 3.8) is 0 Å². The van der Waals surface area contributed by atoms with Crippen molar-refractivity contribution in [2.45, 2.75) is 44.9 Å². The van der Waals surface area contributed by atoms with Crippen molar-refractivity contribution in [3.8, 4) is 0 Å². The van der Waals surface area contributed by atoms with Crippen LogP contribution in [-0.4, -0.2) is 22.0 Å². The van der Waals surface area contributed by atoms with Crippen LogP contribution in [0.1, 0.15) is 61.1 Å². The Kier molecular flexibility index (Phi) is 5.44. The minimum Gasteiger partial charge on any atom is -0.331 e. The molecule has 0 aliphatic heterocycles. The molecule has 1 aliphatic carbocycles. The van der Waals surface area contributed by atoms with Crippen LogP contribution < -0.4 is 10.6 Å². The first kappa shape index (κ1) is 18.7. The second-order valence-electron chi connectivity index (χ2n) is 7.72. The van der Waals surface area contributed by atoms with Crippen LogP contribution in [-0.2, 0) is 7.05 Å². The van der Waals surface area contributed by atoms with Gasteiger partial charge in [0.05, 0.1) is 17.6 Å². The molecule has 0 atom stereocenters. The Morgan fingerprint density at radius 1 is 1.18 bits per heavy atom. The van der Waals surface area contributed by atoms with Crippen molar-refractivity contribution in [1.82, 2.24) is 9.55 Å². The van der Waals surface area contributed by atoms with E-state index in [1.54, 1.807) is 0 Å². The lowest BCUT2D eigenvalue weighted by molar-refractivity contribution is -0.566. The fraction of sp³-hybridized carbons (Fsp3) is 0.391. The number of aryl methyl sites for hydroxylation is 1. The largest absolute Gasteiger partial charge is 0.331 e. The highest BCUT2D eigenvalue weighted by Gasteiger charge is 2.23. The highest BCUT2D eigenvalue weighted by molar-refractivity contribution is 6.06. The molecule has 1 fully saturated rings. The van der Waals surface area contributed by atoms with Gasteiger partial charge < -0.3 is 15.2 Å². The van der Waals surface area contributed by atoms with Gasteiger partial charge >= 0.3 is 0 Å². The van der Waals surface area contributed by atoms with Crippen LogP contribution in [0.5, 0.6) is 0 Å². The van der Waals surface area contributed by atoms with E-state index >= 15 is 0 Å². The lowest BCUT2D eigenvalue weighted by Gasteiger charge is -2.21. The molecular formula is C23H29N4O+. The Morgan fingerprint density at radius 3 is 2.64 bits per heavy atom. The van der Waals surface area contributed by atoms with Gasteiger partial charge in [-0.3, -0.25) is 4.79 Å². The minimum atomic E-state index is -0.0888. The number of aromatic nitrogens is 2. The number of amides is 1. The van der Waals surface area contributed by atoms with Crippen LogP contribution in [0.4, 0.5) is 11.4 Å². The molecule has 5 heteroatoms. The zero-order chi connectivity index (χ0) is 19.5. The number of hydrogen-bond donors (Lipinski definition) is 2. The van der Waals surface area contributed by atoms with Crippen molar-refractivity contribution < 1.29 is 10.1 Å². The van der Waals surface area contributed by atoms with Crippen molar-refractivity contribution in [2.75, 3.05) is 11.9 Å². The van der Waals surface area contributed by atoms with Crippen molar-refractivity contribution in [1.29, 1.82) is 0 Å². The van der Waals surface area contributed by atoms with E-state index in [1.807, 2.05) is 36.4 Å². The van der Waals surface area contributed by atoms with E-state index in [2.05, 4.69) is 35.2 Å². The molecule has 5 nitrogen and oxygen atoms in total. The Bertz CT molecular complexity index is 971. The molecule has 2 aromatic carbocycles. The van der Waals surface area contributed by atoms with Gasteiger partial charge in [-0.05, 0) is 38.0 Å². The summed E-state index contributed by atoms with van der Waals surface area (Å²) < 4.78 is 2.25. The number of fused-ring (bicyclic) bond motifs is 1. The Balaban J connectivity index is 1.71. The van der Waals surface area contributed by atoms with E-state index in [0.717, 1.165) is 29.0 Å². The highest BCUT2D eigenvalue weighted by Crippen LogP contribution is 2.35. The number of nitrogens with one attached hydrogen (secondary N) is 1. The summed E-state index contributed by atoms with van der Waals surface area (Å²) in [7, 11) is 2.12. The second-order valence-corrected chi connectivity index (χ2v) is 7.72. The number of hydrogen-bond acceptors (Lipinski definition) is 2. The molecule has 0 saturated heterocycles. The molecule has 1 aliphatic rings. The van der Waals surface area contributed by atoms with Gasteiger partial charge in [0.1, 0.15) is 11.5 Å². The SMILES string of the molecule is CC[NH2+]c1cc2c(cc1NC(=O)c1ccccc1)nc(C1CCCCC1)n2C. The molecule has 4 rings (SSSR count). The number of rotatable bonds is 5. The molecule has 28 heavy (non-hydrogen) atoms. The third-order valence-electron chi connectivity index (χ3n) is 5.77. The third-order valence-corrected chi connectivity index (χ3v) is 5.77. The van der Waals surface area contributed by atoms with Crippen molar-refractivity contribution >= 4 is 28.3 Å². The van der Waals surface area contributed by atoms with E-state index in [0.29, 0.717) is 11.5 Å². The summed E-state index contributed by atoms with van der Waals surface area (Å²) in [4.78, 5) is 17.7. The van der Waals surface area contributed by atoms with Crippen LogP contribution in [0.25, 0.3) is 11.0 Å². The van der Waals surface area contributed by atoms with Crippen LogP contribution in [0.15, 0.2) is 42.5 Å². The zero-order valence-corrected chi connectivity index (χ0v) is 16.7. The van der Waals surface area contributed by atoms with Gasteiger partial charge in [-0.2, -0.15) is 0 Å². The first-order valence-electron chi connectivity index (χ1n) is 10.4. The maximum Gasteiger partial charge on any atom is 0.255 e. The third kappa shape index (κ3) is 3.67. The maximum absolute atomic E-state index is 12.7. The molecule has 1 aromatic heterocycles. The van der Waals surface area contributed by atoms with Crippen LogP contribution in [0.3, 0.4) is 0 Å². The quantitative estimate of drug-likeness (QED) is 0.658. The fourth-order valence-electron chi connectivity index (χ4n) is 4.28. The first-order valence-corrected chi connectivity index (χ1v) is 10.4. The van der Waals surface area contributed by atoms with Gasteiger partial charge in [-0.25, -0.2) is 4.98 Å². The van der Waals surface area contributed by atoms with Crippen molar-refractivity contribution in [2.24, 2.45) is 7.05 Å². The molecule has 0 unspecified atom stereocenters. The molecule has 0 radical (unpaired) electrons. The van der Waals surface area contributed by atoms with Gasteiger partial charge in [-0.1, -0.05) is 37.5 Å². The molecule has 0 spiro atoms. The van der Waals surface area contributed by atoms with E-state index in [4.69, 9.17) is 4.98 Å². The molecule has 1 amide bonds. The number of imidazole rings is 1. The summed E-state index contributed by atoms with van der Waals surface area (Å²) in [6, 6.07) is 13.5. The predicted octanol–water partition coefficient (Wildman–Crippen LogP) is 4.09. The van der Waals surface area contributed by atoms with Crippen LogP contribution in [0.2, 0.25) is 0 Å². The van der Waals surface area contributed by atoms with Gasteiger partial charge in [0.25, 0.3) is 5.91 Å². The standard InChI is InChI=1S/C23H28N4O/c1-3-24-18-15-21-20(25-22(27(21)2)16-10-6-4-7-11-16)14-19(18)26-23(28)17-12-8-5-9-13-17/h5,8-9,12-16,24H,3-4,6-7,10-11H2,1-2H3,(H,26,28)/p+1. The number of nitrogens with zero attached hydrogens (tertiary/aromatic N) is 2. The summed E-state index contributed by atoms with van der Waals surface area (Å²) in [6.45, 7) is 3.02. The molecule has 146 valence electrons. The smallest absolute Gasteiger partial charge is 0.255 e. The van der Waals surface area contributed by atoms with E-state index < -0.39 is 0 Å². The van der Waals surface area contributed by atoms with Crippen LogP contribution in [0, 0.1) is 0 Å². The number of anilines is 1. The van der Waals surface area contributed by atoms with E-state index in [9.17, 15) is 4.79 Å². The topological polar surface area (TPSA) is 63.5 Å². The average molecular weight is 378 g/mol. The van der Waals surface area contributed by atoms with Gasteiger partial charge in [-0.15, -0.1) is 0 Å². The number of carbonyl (C=O) groups excluding carboxylic acids is 1. The summed E-state index contributed by atoms with van der Waals surface area (Å²) in [5, 5.41) is 5.25. The molecule has 3 N–H and O–H groups in total. The van der Waals surface area contributed by atoms with Crippen LogP contribution >= 0.6 is 0 Å². The van der Waals surface area contributed by atoms with Gasteiger partial charge in [0.15, 0.2) is 5.69 Å². The molecule has 3 aromatic rings. The monoisotopic (exact) mass is 377 g/mol. The lowest BCUT2D eigenvalue weighted by Crippen LogP contribution is -2.77. The van der Waals surface area contributed by atoms with E-state index in [1.165, 1.54) is 37.9 Å². The summed E-state index contributed by atoms with van der Waals surface area (Å²) in [5.41, 5.74) is 4.64. The molecular weight excluding hydrogens is 348 g/mol. The summed E-state index contributed by atoms with van der Waals surface area (Å²) in [5.74, 6) is 1.64. The first-order chi connectivity index (χ1) is 13.7. The lowest BCUT2D eigenvalue weighted by atomic mass is 9.89. The highest BCUT2D eigenvalue weighted by atomic mass is 16.1. The van der Waals surface area contributed by atoms with Crippen molar-refractivity contribution in [3.05, 3.63) is 53.9 Å². The normalized spacial score (nSPS) is 15.1. The number of nitrogens with two attached hydrogens (primary N) is 1. The number of carbonyl (C=O) groups is 1. The molecule has 0 bridgehead atoms. The zero-order valence-electron chi connectivity index (χ0n) is 16.7. The average Bonchev–Trinajstić information content (AvgIpc) is 3.05. The summed E-state index contributed by atoms with van der Waals surface area (Å²) >= 11 is 0. The Labute approximate surface area is 166 Å². The Hall–Kier alpha value is -2.66. The molecule has 1 heterocycles.